The zero-order valence-electron chi connectivity index (χ0n) is 24.7. The Bertz CT molecular complexity index is 1740. The number of piperidine rings is 1. The number of anilines is 2. The summed E-state index contributed by atoms with van der Waals surface area (Å²) in [5.74, 6) is -0.377. The van der Waals surface area contributed by atoms with Gasteiger partial charge in [0.05, 0.1) is 23.5 Å². The topological polar surface area (TPSA) is 137 Å². The van der Waals surface area contributed by atoms with Crippen molar-refractivity contribution in [3.63, 3.8) is 0 Å². The van der Waals surface area contributed by atoms with E-state index >= 15 is 4.39 Å². The number of imidazole rings is 1. The van der Waals surface area contributed by atoms with E-state index in [1.807, 2.05) is 6.92 Å². The maximum absolute atomic E-state index is 15.4. The van der Waals surface area contributed by atoms with Crippen LogP contribution in [0.3, 0.4) is 0 Å². The molecule has 0 aliphatic carbocycles. The van der Waals surface area contributed by atoms with Crippen molar-refractivity contribution in [3.8, 4) is 17.3 Å². The molecule has 1 fully saturated rings. The highest BCUT2D eigenvalue weighted by Gasteiger charge is 2.38. The molecule has 0 bridgehead atoms. The number of aryl methyl sites for hydroxylation is 1. The summed E-state index contributed by atoms with van der Waals surface area (Å²) < 4.78 is 59.0. The highest BCUT2D eigenvalue weighted by Crippen LogP contribution is 2.37. The summed E-state index contributed by atoms with van der Waals surface area (Å²) in [4.78, 5) is 21.0. The minimum Gasteiger partial charge on any atom is -0.381 e. The SMILES string of the molecule is C=C(NC(C)CNC(=O)C1CCNCC1)c1c(C)cc(Nc2nccn3c(-c4cn(CC#N)nc4C(F)(F)F)cnc23)cc1F. The first kappa shape index (κ1) is 31.5. The Balaban J connectivity index is 1.32. The number of hydrogen-bond acceptors (Lipinski definition) is 8. The second kappa shape index (κ2) is 12.9. The van der Waals surface area contributed by atoms with Crippen molar-refractivity contribution < 1.29 is 22.4 Å². The molecule has 4 N–H and O–H groups in total. The van der Waals surface area contributed by atoms with E-state index in [2.05, 4.69) is 42.9 Å². The lowest BCUT2D eigenvalue weighted by Crippen LogP contribution is -2.43. The van der Waals surface area contributed by atoms with Crippen molar-refractivity contribution in [2.75, 3.05) is 25.0 Å². The van der Waals surface area contributed by atoms with Gasteiger partial charge in [-0.15, -0.1) is 0 Å². The van der Waals surface area contributed by atoms with Crippen LogP contribution in [0.5, 0.6) is 0 Å². The van der Waals surface area contributed by atoms with E-state index in [1.165, 1.54) is 29.1 Å². The first-order chi connectivity index (χ1) is 21.5. The maximum atomic E-state index is 15.4. The molecule has 15 heteroatoms. The molecule has 236 valence electrons. The number of nitrogens with zero attached hydrogens (tertiary/aromatic N) is 6. The van der Waals surface area contributed by atoms with Gasteiger partial charge in [0.15, 0.2) is 17.2 Å². The van der Waals surface area contributed by atoms with E-state index in [0.717, 1.165) is 36.8 Å². The number of alkyl halides is 3. The van der Waals surface area contributed by atoms with Gasteiger partial charge < -0.3 is 21.3 Å². The van der Waals surface area contributed by atoms with Gasteiger partial charge >= 0.3 is 6.18 Å². The molecule has 0 radical (unpaired) electrons. The fourth-order valence-corrected chi connectivity index (χ4v) is 5.42. The van der Waals surface area contributed by atoms with Crippen molar-refractivity contribution in [1.82, 2.24) is 40.1 Å². The molecular weight excluding hydrogens is 592 g/mol. The van der Waals surface area contributed by atoms with E-state index in [0.29, 0.717) is 23.5 Å². The van der Waals surface area contributed by atoms with Crippen molar-refractivity contribution in [1.29, 1.82) is 5.26 Å². The molecule has 1 aliphatic heterocycles. The molecule has 0 saturated carbocycles. The lowest BCUT2D eigenvalue weighted by Gasteiger charge is -2.24. The van der Waals surface area contributed by atoms with E-state index in [4.69, 9.17) is 5.26 Å². The van der Waals surface area contributed by atoms with Gasteiger partial charge in [0.2, 0.25) is 5.91 Å². The number of halogens is 4. The molecule has 1 saturated heterocycles. The van der Waals surface area contributed by atoms with Gasteiger partial charge in [-0.25, -0.2) is 14.4 Å². The van der Waals surface area contributed by atoms with Gasteiger partial charge in [0, 0.05) is 54.0 Å². The van der Waals surface area contributed by atoms with Crippen LogP contribution >= 0.6 is 0 Å². The van der Waals surface area contributed by atoms with Crippen LogP contribution in [-0.2, 0) is 17.5 Å². The molecule has 1 aliphatic rings. The molecule has 4 aromatic rings. The summed E-state index contributed by atoms with van der Waals surface area (Å²) in [5, 5.41) is 24.8. The molecule has 45 heavy (non-hydrogen) atoms. The molecule has 3 aromatic heterocycles. The number of amides is 1. The average Bonchev–Trinajstić information content (AvgIpc) is 3.61. The molecule has 1 atom stereocenters. The Labute approximate surface area is 256 Å². The second-order valence-corrected chi connectivity index (χ2v) is 10.9. The van der Waals surface area contributed by atoms with Crippen molar-refractivity contribution in [2.45, 2.75) is 45.5 Å². The van der Waals surface area contributed by atoms with E-state index in [9.17, 15) is 18.0 Å². The Morgan fingerprint density at radius 1 is 1.27 bits per heavy atom. The number of carbonyl (C=O) groups is 1. The van der Waals surface area contributed by atoms with Gasteiger partial charge in [0.25, 0.3) is 0 Å². The minimum absolute atomic E-state index is 0.0108. The molecule has 1 unspecified atom stereocenters. The molecular formula is C30H32F4N10O. The Morgan fingerprint density at radius 2 is 2.02 bits per heavy atom. The third-order valence-electron chi connectivity index (χ3n) is 7.53. The Kier molecular flexibility index (Phi) is 9.05. The molecule has 11 nitrogen and oxygen atoms in total. The first-order valence-corrected chi connectivity index (χ1v) is 14.3. The normalized spacial score (nSPS) is 14.6. The predicted molar refractivity (Wildman–Crippen MR) is 159 cm³/mol. The van der Waals surface area contributed by atoms with Crippen molar-refractivity contribution in [3.05, 3.63) is 66.1 Å². The molecule has 1 aromatic carbocycles. The number of nitrogens with one attached hydrogen (secondary N) is 4. The maximum Gasteiger partial charge on any atom is 0.435 e. The zero-order chi connectivity index (χ0) is 32.3. The summed E-state index contributed by atoms with van der Waals surface area (Å²) in [5.41, 5.74) is 0.432. The molecule has 0 spiro atoms. The summed E-state index contributed by atoms with van der Waals surface area (Å²) in [7, 11) is 0. The van der Waals surface area contributed by atoms with Crippen LogP contribution < -0.4 is 21.3 Å². The van der Waals surface area contributed by atoms with Gasteiger partial charge in [-0.3, -0.25) is 13.9 Å². The number of rotatable bonds is 10. The first-order valence-electron chi connectivity index (χ1n) is 14.3. The van der Waals surface area contributed by atoms with E-state index in [-0.39, 0.29) is 52.7 Å². The lowest BCUT2D eigenvalue weighted by molar-refractivity contribution is -0.141. The van der Waals surface area contributed by atoms with Gasteiger partial charge in [-0.2, -0.15) is 23.5 Å². The minimum atomic E-state index is -4.76. The zero-order valence-corrected chi connectivity index (χ0v) is 24.7. The summed E-state index contributed by atoms with van der Waals surface area (Å²) >= 11 is 0. The number of hydrogen-bond donors (Lipinski definition) is 4. The van der Waals surface area contributed by atoms with Crippen LogP contribution in [-0.4, -0.2) is 55.7 Å². The third kappa shape index (κ3) is 6.91. The summed E-state index contributed by atoms with van der Waals surface area (Å²) in [6.07, 6.45) is 2.06. The van der Waals surface area contributed by atoms with E-state index in [1.54, 1.807) is 19.1 Å². The molecule has 5 rings (SSSR count). The third-order valence-corrected chi connectivity index (χ3v) is 7.53. The largest absolute Gasteiger partial charge is 0.435 e. The number of benzene rings is 1. The Hall–Kier alpha value is -4.97. The van der Waals surface area contributed by atoms with Crippen LogP contribution in [0.15, 0.2) is 43.5 Å². The second-order valence-electron chi connectivity index (χ2n) is 10.9. The summed E-state index contributed by atoms with van der Waals surface area (Å²) in [6, 6.07) is 4.53. The van der Waals surface area contributed by atoms with Crippen LogP contribution in [0, 0.1) is 30.0 Å². The quantitative estimate of drug-likeness (QED) is 0.191. The van der Waals surface area contributed by atoms with Crippen LogP contribution in [0.4, 0.5) is 29.1 Å². The fraction of sp³-hybridized carbons (Fsp3) is 0.367. The lowest BCUT2D eigenvalue weighted by atomic mass is 9.97. The Morgan fingerprint density at radius 3 is 2.71 bits per heavy atom. The number of carbonyl (C=O) groups excluding carboxylic acids is 1. The highest BCUT2D eigenvalue weighted by molar-refractivity contribution is 5.79. The van der Waals surface area contributed by atoms with Crippen LogP contribution in [0.25, 0.3) is 22.6 Å². The number of fused-ring (bicyclic) bond motifs is 1. The van der Waals surface area contributed by atoms with Gasteiger partial charge in [-0.1, -0.05) is 6.58 Å². The molecule has 4 heterocycles. The molecule has 1 amide bonds. The van der Waals surface area contributed by atoms with Gasteiger partial charge in [0.1, 0.15) is 12.4 Å². The predicted octanol–water partition coefficient (Wildman–Crippen LogP) is 4.39. The van der Waals surface area contributed by atoms with E-state index < -0.39 is 17.7 Å². The standard InChI is InChI=1S/C30H32F4N10O/c1-17-12-21(13-23(31)25(17)19(3)40-18(2)14-39-29(45)20-4-7-36-8-5-20)41-27-28-38-15-24(44(28)11-9-37-27)22-16-43(10-6-35)42-26(22)30(32,33)34/h9,11-13,15-16,18,20,36,40H,3-5,7-8,10,14H2,1-2H3,(H,37,41)(H,39,45). The fourth-order valence-electron chi connectivity index (χ4n) is 5.42. The average molecular weight is 625 g/mol. The number of nitriles is 1. The van der Waals surface area contributed by atoms with Crippen molar-refractivity contribution in [2.24, 2.45) is 5.92 Å². The van der Waals surface area contributed by atoms with Crippen LogP contribution in [0.2, 0.25) is 0 Å². The summed E-state index contributed by atoms with van der Waals surface area (Å²) in [6.45, 7) is 9.23. The van der Waals surface area contributed by atoms with Crippen LogP contribution in [0.1, 0.15) is 36.6 Å². The van der Waals surface area contributed by atoms with Crippen molar-refractivity contribution >= 4 is 28.8 Å². The smallest absolute Gasteiger partial charge is 0.381 e. The van der Waals surface area contributed by atoms with Gasteiger partial charge in [-0.05, 0) is 57.5 Å². The number of aromatic nitrogens is 5. The monoisotopic (exact) mass is 624 g/mol. The highest BCUT2D eigenvalue weighted by atomic mass is 19.4.